The predicted octanol–water partition coefficient (Wildman–Crippen LogP) is 2.01. The van der Waals surface area contributed by atoms with E-state index < -0.39 is 0 Å². The molecule has 1 N–H and O–H groups in total. The van der Waals surface area contributed by atoms with Crippen molar-refractivity contribution in [2.75, 3.05) is 26.7 Å². The van der Waals surface area contributed by atoms with Gasteiger partial charge in [-0.2, -0.15) is 0 Å². The SMILES string of the molecule is CN(C(=O)CN(CCO)C1CCCC1)C1CCCCC1. The lowest BCUT2D eigenvalue weighted by Crippen LogP contribution is -2.47. The standard InChI is InChI=1S/C16H30N2O2/c1-17(14-7-3-2-4-8-14)16(20)13-18(11-12-19)15-9-5-6-10-15/h14-15,19H,2-13H2,1H3. The summed E-state index contributed by atoms with van der Waals surface area (Å²) in [5.41, 5.74) is 0. The maximum atomic E-state index is 12.5. The fraction of sp³-hybridized carbons (Fsp3) is 0.938. The third-order valence-electron chi connectivity index (χ3n) is 5.08. The molecule has 2 saturated carbocycles. The van der Waals surface area contributed by atoms with Crippen molar-refractivity contribution >= 4 is 5.91 Å². The minimum absolute atomic E-state index is 0.150. The number of carbonyl (C=O) groups excluding carboxylic acids is 1. The van der Waals surface area contributed by atoms with Crippen LogP contribution in [0.1, 0.15) is 57.8 Å². The number of nitrogens with zero attached hydrogens (tertiary/aromatic N) is 2. The molecule has 20 heavy (non-hydrogen) atoms. The number of rotatable bonds is 6. The van der Waals surface area contributed by atoms with Crippen LogP contribution in [0.3, 0.4) is 0 Å². The number of aliphatic hydroxyl groups is 1. The molecule has 1 amide bonds. The molecule has 116 valence electrons. The van der Waals surface area contributed by atoms with Crippen molar-refractivity contribution in [3.8, 4) is 0 Å². The minimum atomic E-state index is 0.150. The Morgan fingerprint density at radius 3 is 2.15 bits per heavy atom. The van der Waals surface area contributed by atoms with Gasteiger partial charge in [0.05, 0.1) is 13.2 Å². The quantitative estimate of drug-likeness (QED) is 0.810. The average Bonchev–Trinajstić information content (AvgIpc) is 3.01. The Morgan fingerprint density at radius 2 is 1.55 bits per heavy atom. The Morgan fingerprint density at radius 1 is 1.00 bits per heavy atom. The Bertz CT molecular complexity index is 297. The van der Waals surface area contributed by atoms with E-state index >= 15 is 0 Å². The van der Waals surface area contributed by atoms with Crippen molar-refractivity contribution < 1.29 is 9.90 Å². The number of likely N-dealkylation sites (N-methyl/N-ethyl adjacent to an activating group) is 1. The van der Waals surface area contributed by atoms with Crippen molar-refractivity contribution in [2.45, 2.75) is 69.9 Å². The summed E-state index contributed by atoms with van der Waals surface area (Å²) in [7, 11) is 1.96. The molecular formula is C16H30N2O2. The predicted molar refractivity (Wildman–Crippen MR) is 80.6 cm³/mol. The van der Waals surface area contributed by atoms with E-state index in [1.54, 1.807) is 0 Å². The van der Waals surface area contributed by atoms with Crippen molar-refractivity contribution in [1.29, 1.82) is 0 Å². The molecule has 0 heterocycles. The molecular weight excluding hydrogens is 252 g/mol. The number of amides is 1. The molecule has 0 aromatic rings. The first-order valence-corrected chi connectivity index (χ1v) is 8.33. The molecule has 4 nitrogen and oxygen atoms in total. The van der Waals surface area contributed by atoms with Gasteiger partial charge in [0.25, 0.3) is 0 Å². The molecule has 0 bridgehead atoms. The molecule has 0 aliphatic heterocycles. The summed E-state index contributed by atoms with van der Waals surface area (Å²) in [5, 5.41) is 9.23. The second kappa shape index (κ2) is 7.99. The minimum Gasteiger partial charge on any atom is -0.395 e. The molecule has 2 fully saturated rings. The lowest BCUT2D eigenvalue weighted by Gasteiger charge is -2.34. The fourth-order valence-corrected chi connectivity index (χ4v) is 3.75. The molecule has 0 radical (unpaired) electrons. The highest BCUT2D eigenvalue weighted by Gasteiger charge is 2.27. The second-order valence-corrected chi connectivity index (χ2v) is 6.43. The summed E-state index contributed by atoms with van der Waals surface area (Å²) in [6.07, 6.45) is 11.0. The van der Waals surface area contributed by atoms with E-state index in [4.69, 9.17) is 0 Å². The summed E-state index contributed by atoms with van der Waals surface area (Å²) in [5.74, 6) is 0.234. The smallest absolute Gasteiger partial charge is 0.236 e. The van der Waals surface area contributed by atoms with Gasteiger partial charge in [0.15, 0.2) is 0 Å². The fourth-order valence-electron chi connectivity index (χ4n) is 3.75. The van der Waals surface area contributed by atoms with E-state index in [0.717, 1.165) is 12.8 Å². The third kappa shape index (κ3) is 4.19. The van der Waals surface area contributed by atoms with Gasteiger partial charge in [0.1, 0.15) is 0 Å². The Hall–Kier alpha value is -0.610. The average molecular weight is 282 g/mol. The molecule has 0 unspecified atom stereocenters. The van der Waals surface area contributed by atoms with E-state index in [2.05, 4.69) is 4.90 Å². The van der Waals surface area contributed by atoms with Crippen LogP contribution < -0.4 is 0 Å². The van der Waals surface area contributed by atoms with E-state index in [0.29, 0.717) is 25.2 Å². The van der Waals surface area contributed by atoms with Gasteiger partial charge in [0.2, 0.25) is 5.91 Å². The lowest BCUT2D eigenvalue weighted by atomic mass is 9.94. The van der Waals surface area contributed by atoms with Crippen LogP contribution in [0, 0.1) is 0 Å². The first-order valence-electron chi connectivity index (χ1n) is 8.33. The highest BCUT2D eigenvalue weighted by molar-refractivity contribution is 5.78. The summed E-state index contributed by atoms with van der Waals surface area (Å²) >= 11 is 0. The van der Waals surface area contributed by atoms with E-state index in [-0.39, 0.29) is 12.5 Å². The van der Waals surface area contributed by atoms with Crippen LogP contribution in [-0.4, -0.2) is 59.6 Å². The van der Waals surface area contributed by atoms with Crippen molar-refractivity contribution in [3.63, 3.8) is 0 Å². The van der Waals surface area contributed by atoms with Gasteiger partial charge in [0, 0.05) is 25.7 Å². The number of carbonyl (C=O) groups is 1. The monoisotopic (exact) mass is 282 g/mol. The molecule has 0 aromatic carbocycles. The molecule has 0 saturated heterocycles. The summed E-state index contributed by atoms with van der Waals surface area (Å²) in [4.78, 5) is 16.7. The second-order valence-electron chi connectivity index (χ2n) is 6.43. The molecule has 0 spiro atoms. The van der Waals surface area contributed by atoms with Crippen LogP contribution in [0.15, 0.2) is 0 Å². The molecule has 2 rings (SSSR count). The Kier molecular flexibility index (Phi) is 6.30. The van der Waals surface area contributed by atoms with Crippen LogP contribution in [-0.2, 0) is 4.79 Å². The zero-order valence-electron chi connectivity index (χ0n) is 12.9. The normalized spacial score (nSPS) is 21.6. The highest BCUT2D eigenvalue weighted by Crippen LogP contribution is 2.24. The molecule has 0 atom stereocenters. The maximum Gasteiger partial charge on any atom is 0.236 e. The Balaban J connectivity index is 1.85. The number of aliphatic hydroxyl groups excluding tert-OH is 1. The molecule has 4 heteroatoms. The lowest BCUT2D eigenvalue weighted by molar-refractivity contribution is -0.134. The van der Waals surface area contributed by atoms with E-state index in [9.17, 15) is 9.90 Å². The van der Waals surface area contributed by atoms with Crippen molar-refractivity contribution in [3.05, 3.63) is 0 Å². The topological polar surface area (TPSA) is 43.8 Å². The van der Waals surface area contributed by atoms with Gasteiger partial charge in [-0.05, 0) is 25.7 Å². The van der Waals surface area contributed by atoms with Crippen LogP contribution >= 0.6 is 0 Å². The first-order chi connectivity index (χ1) is 9.72. The van der Waals surface area contributed by atoms with Crippen molar-refractivity contribution in [2.24, 2.45) is 0 Å². The van der Waals surface area contributed by atoms with Crippen LogP contribution in [0.5, 0.6) is 0 Å². The molecule has 0 aromatic heterocycles. The van der Waals surface area contributed by atoms with Gasteiger partial charge in [-0.3, -0.25) is 9.69 Å². The zero-order valence-corrected chi connectivity index (χ0v) is 12.9. The number of hydrogen-bond acceptors (Lipinski definition) is 3. The Labute approximate surface area is 123 Å². The van der Waals surface area contributed by atoms with Crippen LogP contribution in [0.25, 0.3) is 0 Å². The zero-order chi connectivity index (χ0) is 14.4. The van der Waals surface area contributed by atoms with E-state index in [1.165, 1.54) is 44.9 Å². The summed E-state index contributed by atoms with van der Waals surface area (Å²) in [6.45, 7) is 1.27. The van der Waals surface area contributed by atoms with Crippen molar-refractivity contribution in [1.82, 2.24) is 9.80 Å². The van der Waals surface area contributed by atoms with Crippen LogP contribution in [0.4, 0.5) is 0 Å². The maximum absolute atomic E-state index is 12.5. The number of hydrogen-bond donors (Lipinski definition) is 1. The van der Waals surface area contributed by atoms with Gasteiger partial charge >= 0.3 is 0 Å². The van der Waals surface area contributed by atoms with Crippen LogP contribution in [0.2, 0.25) is 0 Å². The molecule has 2 aliphatic rings. The molecule has 2 aliphatic carbocycles. The van der Waals surface area contributed by atoms with E-state index in [1.807, 2.05) is 11.9 Å². The summed E-state index contributed by atoms with van der Waals surface area (Å²) < 4.78 is 0. The van der Waals surface area contributed by atoms with Gasteiger partial charge < -0.3 is 10.0 Å². The first kappa shape index (κ1) is 15.8. The van der Waals surface area contributed by atoms with Gasteiger partial charge in [-0.25, -0.2) is 0 Å². The largest absolute Gasteiger partial charge is 0.395 e. The third-order valence-corrected chi connectivity index (χ3v) is 5.08. The summed E-state index contributed by atoms with van der Waals surface area (Å²) in [6, 6.07) is 0.946. The van der Waals surface area contributed by atoms with Gasteiger partial charge in [-0.1, -0.05) is 32.1 Å². The highest BCUT2D eigenvalue weighted by atomic mass is 16.3. The van der Waals surface area contributed by atoms with Gasteiger partial charge in [-0.15, -0.1) is 0 Å².